The molecule has 2 heterocycles. The Bertz CT molecular complexity index is 756. The third-order valence-electron chi connectivity index (χ3n) is 5.14. The third-order valence-corrected chi connectivity index (χ3v) is 5.84. The van der Waals surface area contributed by atoms with Crippen molar-refractivity contribution in [2.45, 2.75) is 25.3 Å². The second-order valence-electron chi connectivity index (χ2n) is 7.06. The molecule has 3 rings (SSSR count). The molecule has 1 aliphatic rings. The number of hydrogen-bond donors (Lipinski definition) is 2. The fraction of sp³-hybridized carbons (Fsp3) is 0.476. The first-order chi connectivity index (χ1) is 13.6. The molecule has 2 unspecified atom stereocenters. The number of hydrogen-bond acceptors (Lipinski definition) is 5. The van der Waals surface area contributed by atoms with E-state index >= 15 is 0 Å². The topological polar surface area (TPSA) is 58.1 Å². The fourth-order valence-corrected chi connectivity index (χ4v) is 4.18. The lowest BCUT2D eigenvalue weighted by atomic mass is 10.1. The number of nitrogens with one attached hydrogen (secondary N) is 2. The smallest absolute Gasteiger partial charge is 0.191 e. The van der Waals surface area contributed by atoms with Crippen molar-refractivity contribution in [2.75, 3.05) is 45.8 Å². The molecular formula is C21H30N4O2S. The summed E-state index contributed by atoms with van der Waals surface area (Å²) in [5.41, 5.74) is 2.49. The van der Waals surface area contributed by atoms with Crippen LogP contribution in [0.4, 0.5) is 5.69 Å². The SMILES string of the molecule is CN=C(NCC(C)c1ccsc1)NC1CCN(c2cc(OC)cc(OC)c2)C1. The van der Waals surface area contributed by atoms with Gasteiger partial charge in [-0.1, -0.05) is 6.92 Å². The standard InChI is InChI=1S/C21H30N4O2S/c1-15(16-6-8-28-14-16)12-23-21(22-2)24-17-5-7-25(13-17)18-9-19(26-3)11-20(10-18)27-4/h6,8-11,14-15,17H,5,7,12-13H2,1-4H3,(H2,22,23,24). The van der Waals surface area contributed by atoms with Crippen LogP contribution in [0.2, 0.25) is 0 Å². The van der Waals surface area contributed by atoms with E-state index < -0.39 is 0 Å². The maximum Gasteiger partial charge on any atom is 0.191 e. The molecule has 0 bridgehead atoms. The largest absolute Gasteiger partial charge is 0.497 e. The van der Waals surface area contributed by atoms with Crippen molar-refractivity contribution in [1.29, 1.82) is 0 Å². The first-order valence-corrected chi connectivity index (χ1v) is 10.5. The zero-order valence-corrected chi connectivity index (χ0v) is 17.9. The molecule has 6 nitrogen and oxygen atoms in total. The van der Waals surface area contributed by atoms with Crippen LogP contribution in [0.25, 0.3) is 0 Å². The van der Waals surface area contributed by atoms with Crippen LogP contribution in [-0.2, 0) is 0 Å². The van der Waals surface area contributed by atoms with E-state index in [1.165, 1.54) is 5.56 Å². The molecule has 1 aromatic heterocycles. The van der Waals surface area contributed by atoms with Crippen LogP contribution in [0.5, 0.6) is 11.5 Å². The molecule has 152 valence electrons. The highest BCUT2D eigenvalue weighted by atomic mass is 32.1. The van der Waals surface area contributed by atoms with Gasteiger partial charge in [0.2, 0.25) is 0 Å². The Morgan fingerprint density at radius 3 is 2.64 bits per heavy atom. The van der Waals surface area contributed by atoms with Gasteiger partial charge in [-0.25, -0.2) is 0 Å². The minimum absolute atomic E-state index is 0.347. The third kappa shape index (κ3) is 5.10. The maximum atomic E-state index is 5.40. The molecule has 2 aromatic rings. The van der Waals surface area contributed by atoms with E-state index in [0.29, 0.717) is 12.0 Å². The Morgan fingerprint density at radius 1 is 1.29 bits per heavy atom. The monoisotopic (exact) mass is 402 g/mol. The Kier molecular flexibility index (Phi) is 7.03. The Balaban J connectivity index is 1.54. The number of nitrogens with zero attached hydrogens (tertiary/aromatic N) is 2. The van der Waals surface area contributed by atoms with E-state index in [2.05, 4.69) is 56.4 Å². The van der Waals surface area contributed by atoms with Crippen LogP contribution in [0.1, 0.15) is 24.8 Å². The van der Waals surface area contributed by atoms with Crippen LogP contribution in [0, 0.1) is 0 Å². The number of ether oxygens (including phenoxy) is 2. The zero-order valence-electron chi connectivity index (χ0n) is 17.1. The molecule has 28 heavy (non-hydrogen) atoms. The molecule has 7 heteroatoms. The summed E-state index contributed by atoms with van der Waals surface area (Å²) in [6.45, 7) is 4.99. The minimum atomic E-state index is 0.347. The molecule has 1 aliphatic heterocycles. The summed E-state index contributed by atoms with van der Waals surface area (Å²) in [4.78, 5) is 6.75. The van der Waals surface area contributed by atoms with Gasteiger partial charge in [-0.3, -0.25) is 4.99 Å². The highest BCUT2D eigenvalue weighted by Gasteiger charge is 2.24. The van der Waals surface area contributed by atoms with Crippen molar-refractivity contribution in [3.63, 3.8) is 0 Å². The summed E-state index contributed by atoms with van der Waals surface area (Å²) in [5.74, 6) is 2.93. The van der Waals surface area contributed by atoms with Crippen molar-refractivity contribution < 1.29 is 9.47 Å². The number of methoxy groups -OCH3 is 2. The lowest BCUT2D eigenvalue weighted by Gasteiger charge is -2.22. The van der Waals surface area contributed by atoms with Crippen molar-refractivity contribution in [3.8, 4) is 11.5 Å². The van der Waals surface area contributed by atoms with E-state index in [1.54, 1.807) is 25.6 Å². The predicted molar refractivity (Wildman–Crippen MR) is 117 cm³/mol. The molecule has 1 saturated heterocycles. The van der Waals surface area contributed by atoms with Crippen molar-refractivity contribution in [1.82, 2.24) is 10.6 Å². The van der Waals surface area contributed by atoms with E-state index in [4.69, 9.17) is 9.47 Å². The lowest BCUT2D eigenvalue weighted by molar-refractivity contribution is 0.394. The van der Waals surface area contributed by atoms with Gasteiger partial charge in [-0.2, -0.15) is 11.3 Å². The average Bonchev–Trinajstić information content (AvgIpc) is 3.42. The van der Waals surface area contributed by atoms with Crippen LogP contribution in [0.15, 0.2) is 40.0 Å². The van der Waals surface area contributed by atoms with Crippen LogP contribution >= 0.6 is 11.3 Å². The van der Waals surface area contributed by atoms with Gasteiger partial charge in [-0.15, -0.1) is 0 Å². The molecular weight excluding hydrogens is 372 g/mol. The summed E-state index contributed by atoms with van der Waals surface area (Å²) in [6, 6.07) is 8.54. The van der Waals surface area contributed by atoms with Crippen LogP contribution < -0.4 is 25.0 Å². The molecule has 0 amide bonds. The Hall–Kier alpha value is -2.41. The van der Waals surface area contributed by atoms with E-state index in [9.17, 15) is 0 Å². The summed E-state index contributed by atoms with van der Waals surface area (Å²) in [5, 5.41) is 11.4. The van der Waals surface area contributed by atoms with E-state index in [1.807, 2.05) is 13.1 Å². The number of rotatable bonds is 7. The van der Waals surface area contributed by atoms with Gasteiger partial charge in [0, 0.05) is 56.6 Å². The normalized spacial score (nSPS) is 18.1. The van der Waals surface area contributed by atoms with Gasteiger partial charge in [-0.05, 0) is 34.7 Å². The molecule has 1 aromatic carbocycles. The number of thiophene rings is 1. The van der Waals surface area contributed by atoms with Crippen LogP contribution in [0.3, 0.4) is 0 Å². The summed E-state index contributed by atoms with van der Waals surface area (Å²) < 4.78 is 10.8. The van der Waals surface area contributed by atoms with Gasteiger partial charge in [0.05, 0.1) is 14.2 Å². The highest BCUT2D eigenvalue weighted by molar-refractivity contribution is 7.07. The number of benzene rings is 1. The lowest BCUT2D eigenvalue weighted by Crippen LogP contribution is -2.45. The second-order valence-corrected chi connectivity index (χ2v) is 7.84. The molecule has 0 aliphatic carbocycles. The molecule has 0 radical (unpaired) electrons. The first kappa shape index (κ1) is 20.3. The van der Waals surface area contributed by atoms with Gasteiger partial charge in [0.15, 0.2) is 5.96 Å². The number of aliphatic imine (C=N–C) groups is 1. The minimum Gasteiger partial charge on any atom is -0.497 e. The molecule has 2 atom stereocenters. The highest BCUT2D eigenvalue weighted by Crippen LogP contribution is 2.30. The average molecular weight is 403 g/mol. The van der Waals surface area contributed by atoms with Gasteiger partial charge >= 0.3 is 0 Å². The Morgan fingerprint density at radius 2 is 2.04 bits per heavy atom. The molecule has 0 saturated carbocycles. The summed E-state index contributed by atoms with van der Waals surface area (Å²) >= 11 is 1.74. The fourth-order valence-electron chi connectivity index (χ4n) is 3.40. The number of guanidine groups is 1. The van der Waals surface area contributed by atoms with E-state index in [-0.39, 0.29) is 0 Å². The molecule has 0 spiro atoms. The maximum absolute atomic E-state index is 5.40. The quantitative estimate of drug-likeness (QED) is 0.550. The van der Waals surface area contributed by atoms with Gasteiger partial charge in [0.1, 0.15) is 11.5 Å². The second kappa shape index (κ2) is 9.68. The molecule has 2 N–H and O–H groups in total. The van der Waals surface area contributed by atoms with Crippen molar-refractivity contribution >= 4 is 23.0 Å². The van der Waals surface area contributed by atoms with Crippen molar-refractivity contribution in [3.05, 3.63) is 40.6 Å². The summed E-state index contributed by atoms with van der Waals surface area (Å²) in [6.07, 6.45) is 1.06. The predicted octanol–water partition coefficient (Wildman–Crippen LogP) is 3.31. The molecule has 1 fully saturated rings. The number of anilines is 1. The Labute approximate surface area is 171 Å². The summed E-state index contributed by atoms with van der Waals surface area (Å²) in [7, 11) is 5.18. The first-order valence-electron chi connectivity index (χ1n) is 9.60. The van der Waals surface area contributed by atoms with E-state index in [0.717, 1.165) is 49.2 Å². The zero-order chi connectivity index (χ0) is 19.9. The van der Waals surface area contributed by atoms with Crippen LogP contribution in [-0.4, -0.2) is 52.9 Å². The van der Waals surface area contributed by atoms with Gasteiger partial charge in [0.25, 0.3) is 0 Å². The van der Waals surface area contributed by atoms with Gasteiger partial charge < -0.3 is 25.0 Å². The van der Waals surface area contributed by atoms with Crippen molar-refractivity contribution in [2.24, 2.45) is 4.99 Å².